The van der Waals surface area contributed by atoms with Gasteiger partial charge in [-0.15, -0.1) is 0 Å². The molecule has 4 heteroatoms. The molecule has 3 atom stereocenters. The second kappa shape index (κ2) is 5.41. The number of fused-ring (bicyclic) bond motifs is 2. The number of anilines is 1. The second-order valence-corrected chi connectivity index (χ2v) is 6.65. The van der Waals surface area contributed by atoms with Crippen molar-refractivity contribution >= 4 is 11.6 Å². The number of allylic oxidation sites excluding steroid dienone is 2. The van der Waals surface area contributed by atoms with Crippen LogP contribution in [0.2, 0.25) is 0 Å². The molecular weight excluding hydrogens is 279 g/mol. The van der Waals surface area contributed by atoms with Gasteiger partial charge in [-0.05, 0) is 36.8 Å². The van der Waals surface area contributed by atoms with Crippen molar-refractivity contribution < 1.29 is 9.18 Å². The SMILES string of the molecule is O=C(C1CC2C=CC1C2)N1CCN(c2ccccc2F)CC1. The maximum Gasteiger partial charge on any atom is 0.226 e. The molecule has 1 amide bonds. The molecule has 3 nitrogen and oxygen atoms in total. The molecule has 1 aromatic carbocycles. The third-order valence-electron chi connectivity index (χ3n) is 5.38. The first-order valence-corrected chi connectivity index (χ1v) is 8.19. The van der Waals surface area contributed by atoms with Crippen molar-refractivity contribution in [2.45, 2.75) is 12.8 Å². The maximum atomic E-state index is 13.8. The lowest BCUT2D eigenvalue weighted by Crippen LogP contribution is -2.51. The van der Waals surface area contributed by atoms with Crippen LogP contribution in [0.3, 0.4) is 0 Å². The van der Waals surface area contributed by atoms with E-state index in [-0.39, 0.29) is 11.7 Å². The Hall–Kier alpha value is -1.84. The van der Waals surface area contributed by atoms with Crippen molar-refractivity contribution in [3.05, 3.63) is 42.2 Å². The van der Waals surface area contributed by atoms with Crippen LogP contribution in [0.15, 0.2) is 36.4 Å². The zero-order chi connectivity index (χ0) is 15.1. The van der Waals surface area contributed by atoms with Crippen LogP contribution in [0.5, 0.6) is 0 Å². The highest BCUT2D eigenvalue weighted by Gasteiger charge is 2.41. The summed E-state index contributed by atoms with van der Waals surface area (Å²) in [6, 6.07) is 6.88. The summed E-state index contributed by atoms with van der Waals surface area (Å²) in [5.41, 5.74) is 0.650. The molecular formula is C18H21FN2O. The van der Waals surface area contributed by atoms with Crippen molar-refractivity contribution in [2.24, 2.45) is 17.8 Å². The van der Waals surface area contributed by atoms with Crippen LogP contribution in [-0.4, -0.2) is 37.0 Å². The number of para-hydroxylation sites is 1. The number of amides is 1. The second-order valence-electron chi connectivity index (χ2n) is 6.65. The van der Waals surface area contributed by atoms with Gasteiger partial charge < -0.3 is 9.80 Å². The van der Waals surface area contributed by atoms with Gasteiger partial charge in [-0.25, -0.2) is 4.39 Å². The Labute approximate surface area is 130 Å². The highest BCUT2D eigenvalue weighted by molar-refractivity contribution is 5.80. The average Bonchev–Trinajstić information content (AvgIpc) is 3.18. The van der Waals surface area contributed by atoms with E-state index in [0.717, 1.165) is 12.8 Å². The van der Waals surface area contributed by atoms with E-state index in [1.54, 1.807) is 6.07 Å². The van der Waals surface area contributed by atoms with Crippen LogP contribution in [-0.2, 0) is 4.79 Å². The lowest BCUT2D eigenvalue weighted by Gasteiger charge is -2.38. The quantitative estimate of drug-likeness (QED) is 0.784. The van der Waals surface area contributed by atoms with Gasteiger partial charge >= 0.3 is 0 Å². The molecule has 1 aliphatic heterocycles. The number of carbonyl (C=O) groups is 1. The average molecular weight is 300 g/mol. The Bertz CT molecular complexity index is 607. The van der Waals surface area contributed by atoms with Crippen LogP contribution in [0.25, 0.3) is 0 Å². The van der Waals surface area contributed by atoms with Gasteiger partial charge in [0, 0.05) is 32.1 Å². The van der Waals surface area contributed by atoms with E-state index < -0.39 is 0 Å². The van der Waals surface area contributed by atoms with E-state index in [9.17, 15) is 9.18 Å². The number of hydrogen-bond acceptors (Lipinski definition) is 2. The fourth-order valence-electron chi connectivity index (χ4n) is 4.18. The van der Waals surface area contributed by atoms with Crippen molar-refractivity contribution in [3.8, 4) is 0 Å². The first-order chi connectivity index (χ1) is 10.7. The van der Waals surface area contributed by atoms with Crippen molar-refractivity contribution in [1.82, 2.24) is 4.90 Å². The summed E-state index contributed by atoms with van der Waals surface area (Å²) in [5.74, 6) is 1.40. The summed E-state index contributed by atoms with van der Waals surface area (Å²) < 4.78 is 13.8. The van der Waals surface area contributed by atoms with Crippen molar-refractivity contribution in [1.29, 1.82) is 0 Å². The first kappa shape index (κ1) is 13.8. The van der Waals surface area contributed by atoms with E-state index >= 15 is 0 Å². The molecule has 116 valence electrons. The van der Waals surface area contributed by atoms with Crippen LogP contribution in [0, 0.1) is 23.6 Å². The number of halogens is 1. The Kier molecular flexibility index (Phi) is 3.40. The Morgan fingerprint density at radius 1 is 1.05 bits per heavy atom. The fraction of sp³-hybridized carbons (Fsp3) is 0.500. The lowest BCUT2D eigenvalue weighted by atomic mass is 9.92. The predicted octanol–water partition coefficient (Wildman–Crippen LogP) is 2.69. The van der Waals surface area contributed by atoms with E-state index in [1.165, 1.54) is 6.07 Å². The highest BCUT2D eigenvalue weighted by atomic mass is 19.1. The van der Waals surface area contributed by atoms with Crippen LogP contribution < -0.4 is 4.90 Å². The minimum atomic E-state index is -0.180. The molecule has 3 unspecified atom stereocenters. The largest absolute Gasteiger partial charge is 0.366 e. The highest BCUT2D eigenvalue weighted by Crippen LogP contribution is 2.44. The van der Waals surface area contributed by atoms with Gasteiger partial charge in [-0.2, -0.15) is 0 Å². The van der Waals surface area contributed by atoms with E-state index in [1.807, 2.05) is 21.9 Å². The number of rotatable bonds is 2. The monoisotopic (exact) mass is 300 g/mol. The number of benzene rings is 1. The Morgan fingerprint density at radius 2 is 1.82 bits per heavy atom. The minimum absolute atomic E-state index is 0.180. The molecule has 2 fully saturated rings. The third kappa shape index (κ3) is 2.31. The smallest absolute Gasteiger partial charge is 0.226 e. The number of carbonyl (C=O) groups excluding carboxylic acids is 1. The fourth-order valence-corrected chi connectivity index (χ4v) is 4.18. The first-order valence-electron chi connectivity index (χ1n) is 8.19. The summed E-state index contributed by atoms with van der Waals surface area (Å²) in [6.07, 6.45) is 6.68. The zero-order valence-electron chi connectivity index (χ0n) is 12.6. The minimum Gasteiger partial charge on any atom is -0.366 e. The molecule has 0 aromatic heterocycles. The van der Waals surface area contributed by atoms with E-state index in [4.69, 9.17) is 0 Å². The zero-order valence-corrected chi connectivity index (χ0v) is 12.6. The third-order valence-corrected chi connectivity index (χ3v) is 5.38. The molecule has 3 aliphatic rings. The molecule has 0 spiro atoms. The van der Waals surface area contributed by atoms with Gasteiger partial charge in [-0.1, -0.05) is 24.3 Å². The number of hydrogen-bond donors (Lipinski definition) is 0. The summed E-state index contributed by atoms with van der Waals surface area (Å²) in [5, 5.41) is 0. The van der Waals surface area contributed by atoms with Crippen molar-refractivity contribution in [3.63, 3.8) is 0 Å². The molecule has 0 radical (unpaired) electrons. The molecule has 22 heavy (non-hydrogen) atoms. The van der Waals surface area contributed by atoms with Crippen LogP contribution >= 0.6 is 0 Å². The number of nitrogens with zero attached hydrogens (tertiary/aromatic N) is 2. The molecule has 1 saturated heterocycles. The molecule has 4 rings (SSSR count). The number of piperazine rings is 1. The van der Waals surface area contributed by atoms with Crippen LogP contribution in [0.4, 0.5) is 10.1 Å². The topological polar surface area (TPSA) is 23.6 Å². The van der Waals surface area contributed by atoms with Gasteiger partial charge in [0.15, 0.2) is 0 Å². The van der Waals surface area contributed by atoms with E-state index in [2.05, 4.69) is 12.2 Å². The standard InChI is InChI=1S/C18H21FN2O/c19-16-3-1-2-4-17(16)20-7-9-21(10-8-20)18(22)15-12-13-5-6-14(15)11-13/h1-6,13-15H,7-12H2. The van der Waals surface area contributed by atoms with Gasteiger partial charge in [0.1, 0.15) is 5.82 Å². The summed E-state index contributed by atoms with van der Waals surface area (Å²) >= 11 is 0. The molecule has 2 bridgehead atoms. The van der Waals surface area contributed by atoms with Crippen molar-refractivity contribution in [2.75, 3.05) is 31.1 Å². The summed E-state index contributed by atoms with van der Waals surface area (Å²) in [7, 11) is 0. The van der Waals surface area contributed by atoms with Gasteiger partial charge in [0.2, 0.25) is 5.91 Å². The lowest BCUT2D eigenvalue weighted by molar-refractivity contribution is -0.136. The predicted molar refractivity (Wildman–Crippen MR) is 84.0 cm³/mol. The summed E-state index contributed by atoms with van der Waals surface area (Å²) in [6.45, 7) is 2.82. The maximum absolute atomic E-state index is 13.8. The van der Waals surface area contributed by atoms with Gasteiger partial charge in [0.25, 0.3) is 0 Å². The Balaban J connectivity index is 1.39. The molecule has 1 heterocycles. The molecule has 1 saturated carbocycles. The normalized spacial score (nSPS) is 30.1. The molecule has 1 aromatic rings. The Morgan fingerprint density at radius 3 is 2.45 bits per heavy atom. The van der Waals surface area contributed by atoms with Gasteiger partial charge in [-0.3, -0.25) is 4.79 Å². The van der Waals surface area contributed by atoms with E-state index in [0.29, 0.717) is 49.6 Å². The van der Waals surface area contributed by atoms with Gasteiger partial charge in [0.05, 0.1) is 5.69 Å². The molecule has 0 N–H and O–H groups in total. The summed E-state index contributed by atoms with van der Waals surface area (Å²) in [4.78, 5) is 16.7. The van der Waals surface area contributed by atoms with Crippen LogP contribution in [0.1, 0.15) is 12.8 Å². The molecule has 2 aliphatic carbocycles.